The van der Waals surface area contributed by atoms with E-state index in [0.717, 1.165) is 62.2 Å². The molecule has 0 N–H and O–H groups in total. The maximum atomic E-state index is 6.23. The van der Waals surface area contributed by atoms with E-state index in [1.807, 2.05) is 24.3 Å². The Kier molecular flexibility index (Phi) is 14.2. The van der Waals surface area contributed by atoms with Crippen molar-refractivity contribution in [3.8, 4) is 50.6 Å². The molecule has 4 nitrogen and oxygen atoms in total. The van der Waals surface area contributed by atoms with Gasteiger partial charge in [-0.3, -0.25) is 4.98 Å². The van der Waals surface area contributed by atoms with Crippen molar-refractivity contribution in [2.45, 2.75) is 77.1 Å². The van der Waals surface area contributed by atoms with Crippen molar-refractivity contribution in [1.82, 2.24) is 14.5 Å². The van der Waals surface area contributed by atoms with Gasteiger partial charge in [0.1, 0.15) is 0 Å². The number of rotatable bonds is 10. The van der Waals surface area contributed by atoms with E-state index < -0.39 is 13.3 Å². The van der Waals surface area contributed by atoms with E-state index in [2.05, 4.69) is 203 Å². The van der Waals surface area contributed by atoms with Gasteiger partial charge in [-0.25, -0.2) is 0 Å². The molecule has 0 unspecified atom stereocenters. The van der Waals surface area contributed by atoms with Crippen molar-refractivity contribution in [3.63, 3.8) is 0 Å². The Morgan fingerprint density at radius 1 is 0.667 bits per heavy atom. The van der Waals surface area contributed by atoms with Crippen molar-refractivity contribution in [2.75, 3.05) is 0 Å². The third-order valence-electron chi connectivity index (χ3n) is 11.6. The number of aromatic nitrogens is 3. The van der Waals surface area contributed by atoms with E-state index in [1.165, 1.54) is 33.5 Å². The number of hydrogen-bond donors (Lipinski definition) is 0. The van der Waals surface area contributed by atoms with Crippen LogP contribution in [-0.4, -0.2) is 27.8 Å². The van der Waals surface area contributed by atoms with Gasteiger partial charge in [0.15, 0.2) is 0 Å². The number of pyridine rings is 1. The molecule has 0 aliphatic carbocycles. The summed E-state index contributed by atoms with van der Waals surface area (Å²) in [6.07, 6.45) is 6.56. The Morgan fingerprint density at radius 3 is 1.92 bits per heavy atom. The normalized spacial score (nSPS) is 11.6. The summed E-state index contributed by atoms with van der Waals surface area (Å²) in [5, 5.41) is 1.01. The fraction of sp³-hybridized carbons (Fsp3) is 0.228. The van der Waals surface area contributed by atoms with Gasteiger partial charge in [-0.1, -0.05) is 124 Å². The van der Waals surface area contributed by atoms with Gasteiger partial charge in [-0.2, -0.15) is 0 Å². The molecule has 0 amide bonds. The number of benzene rings is 6. The Bertz CT molecular complexity index is 2910. The summed E-state index contributed by atoms with van der Waals surface area (Å²) < 4.78 is 10.1. The van der Waals surface area contributed by atoms with E-state index in [1.54, 1.807) is 4.40 Å². The quantitative estimate of drug-likeness (QED) is 0.101. The number of hydrogen-bond acceptors (Lipinski definition) is 3. The summed E-state index contributed by atoms with van der Waals surface area (Å²) in [7, 11) is 0. The van der Waals surface area contributed by atoms with Gasteiger partial charge >= 0.3 is 126 Å². The zero-order chi connectivity index (χ0) is 43.5. The minimum absolute atomic E-state index is 0. The van der Waals surface area contributed by atoms with Crippen LogP contribution in [0.1, 0.15) is 70.1 Å². The number of furan rings is 1. The molecular formula is C57H57GeIrN3O-2. The van der Waals surface area contributed by atoms with Gasteiger partial charge in [0.05, 0.1) is 16.9 Å². The third-order valence-corrected chi connectivity index (χ3v) is 15.9. The number of nitrogens with zero attached hydrogens (tertiary/aromatic N) is 3. The van der Waals surface area contributed by atoms with Crippen molar-refractivity contribution in [1.29, 1.82) is 0 Å². The van der Waals surface area contributed by atoms with Crippen LogP contribution in [0.4, 0.5) is 0 Å². The molecule has 63 heavy (non-hydrogen) atoms. The standard InChI is InChI=1S/C39H33N2O.C18H24GeN.Ir/c1-25(2)32-22-29(27-14-7-5-8-15-27)23-33(26(3)4)37(32)41-36-21-12-11-20-35(36)40-39(41)34-24-42-38-30(18-13-19-31(34)38)28-16-9-6-10-17-28;1-14(2)11-16-12-18(15-9-7-6-8-10-15)20-13-17(16)19(3,4)5;/h5-23,25-26H,1-4H3;6-9,12-14H,11H2,1-5H3;/q2*-1;. The molecule has 0 atom stereocenters. The predicted molar refractivity (Wildman–Crippen MR) is 264 cm³/mol. The Balaban J connectivity index is 0.000000239. The molecule has 1 radical (unpaired) electrons. The molecule has 3 aromatic heterocycles. The molecule has 0 fully saturated rings. The fourth-order valence-electron chi connectivity index (χ4n) is 8.53. The Labute approximate surface area is 390 Å². The minimum Gasteiger partial charge on any atom is -0.557 e. The van der Waals surface area contributed by atoms with Gasteiger partial charge in [0.25, 0.3) is 0 Å². The third kappa shape index (κ3) is 9.77. The van der Waals surface area contributed by atoms with Crippen LogP contribution in [0.25, 0.3) is 72.6 Å². The van der Waals surface area contributed by atoms with E-state index in [9.17, 15) is 0 Å². The smallest absolute Gasteiger partial charge is 0.0774 e. The molecule has 6 aromatic carbocycles. The molecule has 0 bridgehead atoms. The summed E-state index contributed by atoms with van der Waals surface area (Å²) in [6.45, 7) is 13.7. The fourth-order valence-corrected chi connectivity index (χ4v) is 11.9. The van der Waals surface area contributed by atoms with Crippen LogP contribution < -0.4 is 4.40 Å². The average molecular weight is 1060 g/mol. The van der Waals surface area contributed by atoms with Crippen LogP contribution >= 0.6 is 0 Å². The Morgan fingerprint density at radius 2 is 1.30 bits per heavy atom. The van der Waals surface area contributed by atoms with Crippen molar-refractivity contribution >= 4 is 39.7 Å². The van der Waals surface area contributed by atoms with Gasteiger partial charge < -0.3 is 8.98 Å². The number of para-hydroxylation sites is 3. The summed E-state index contributed by atoms with van der Waals surface area (Å²) in [5.41, 5.74) is 15.8. The molecule has 3 heterocycles. The van der Waals surface area contributed by atoms with Crippen LogP contribution in [0.3, 0.4) is 0 Å². The molecule has 9 rings (SSSR count). The van der Waals surface area contributed by atoms with E-state index in [4.69, 9.17) is 14.4 Å². The second kappa shape index (κ2) is 19.6. The molecular weight excluding hydrogens is 1010 g/mol. The molecule has 0 saturated carbocycles. The second-order valence-corrected chi connectivity index (χ2v) is 29.0. The van der Waals surface area contributed by atoms with E-state index >= 15 is 0 Å². The largest absolute Gasteiger partial charge is 0.557 e. The van der Waals surface area contributed by atoms with Gasteiger partial charge in [0, 0.05) is 37.6 Å². The molecule has 0 aliphatic rings. The van der Waals surface area contributed by atoms with Crippen LogP contribution in [0.15, 0.2) is 156 Å². The average Bonchev–Trinajstić information content (AvgIpc) is 3.88. The van der Waals surface area contributed by atoms with Crippen molar-refractivity contribution in [2.24, 2.45) is 5.92 Å². The molecule has 9 aromatic rings. The van der Waals surface area contributed by atoms with Crippen LogP contribution in [0.2, 0.25) is 17.3 Å². The second-order valence-electron chi connectivity index (χ2n) is 18.4. The Hall–Kier alpha value is -5.33. The van der Waals surface area contributed by atoms with Crippen molar-refractivity contribution in [3.05, 3.63) is 181 Å². The SMILES string of the molecule is CC(C)Cc1cc(-c2[c-]cccc2)nc[c]1[Ge]([CH3])([CH3])[CH3].CC(C)c1cc(-c2ccccc2)cc(C(C)C)c1-n1c(-c2[c-]oc3c(-c4ccccc4)cccc23)nc2ccccc21.[Ir]. The van der Waals surface area contributed by atoms with E-state index in [0.29, 0.717) is 17.8 Å². The van der Waals surface area contributed by atoms with Crippen LogP contribution in [-0.2, 0) is 26.5 Å². The maximum absolute atomic E-state index is 6.23. The minimum atomic E-state index is -1.86. The van der Waals surface area contributed by atoms with Gasteiger partial charge in [0.2, 0.25) is 0 Å². The van der Waals surface area contributed by atoms with Crippen LogP contribution in [0.5, 0.6) is 0 Å². The molecule has 0 saturated heterocycles. The zero-order valence-corrected chi connectivity index (χ0v) is 42.4. The summed E-state index contributed by atoms with van der Waals surface area (Å²) in [5.74, 6) is 9.43. The first kappa shape index (κ1) is 45.7. The van der Waals surface area contributed by atoms with Gasteiger partial charge in [-0.15, -0.1) is 6.07 Å². The summed E-state index contributed by atoms with van der Waals surface area (Å²) >= 11 is -1.86. The first-order valence-electron chi connectivity index (χ1n) is 22.1. The first-order valence-corrected chi connectivity index (χ1v) is 29.4. The molecule has 0 aliphatic heterocycles. The van der Waals surface area contributed by atoms with E-state index in [-0.39, 0.29) is 20.1 Å². The predicted octanol–water partition coefficient (Wildman–Crippen LogP) is 15.1. The molecule has 6 heteroatoms. The molecule has 0 spiro atoms. The summed E-state index contributed by atoms with van der Waals surface area (Å²) in [4.78, 5) is 9.94. The van der Waals surface area contributed by atoms with Gasteiger partial charge in [-0.05, 0) is 69.5 Å². The number of fused-ring (bicyclic) bond motifs is 2. The maximum Gasteiger partial charge on any atom is 0.0774 e. The molecule has 321 valence electrons. The first-order chi connectivity index (χ1) is 29.9. The summed E-state index contributed by atoms with van der Waals surface area (Å²) in [6, 6.07) is 54.2. The number of imidazole rings is 1. The van der Waals surface area contributed by atoms with Crippen molar-refractivity contribution < 1.29 is 24.5 Å². The zero-order valence-electron chi connectivity index (χ0n) is 38.0. The monoisotopic (exact) mass is 1070 g/mol. The topological polar surface area (TPSA) is 43.9 Å². The van der Waals surface area contributed by atoms with Crippen LogP contribution in [0, 0.1) is 18.2 Å².